The lowest BCUT2D eigenvalue weighted by atomic mass is 10.2. The second-order valence-electron chi connectivity index (χ2n) is 5.06. The zero-order chi connectivity index (χ0) is 17.0. The number of halogens is 1. The average molecular weight is 362 g/mol. The lowest BCUT2D eigenvalue weighted by molar-refractivity contribution is -0.145. The standard InChI is InChI=1S/C14H16ClNO6S/c1-21-13(17)12-7-11(23(15,19)20)8-16(12)14(18)22-9-10-5-3-2-4-6-10/h2-6,11-12H,7-9H2,1H3/t11-,12-/m0/s1. The van der Waals surface area contributed by atoms with Crippen molar-refractivity contribution >= 4 is 31.8 Å². The fourth-order valence-electron chi connectivity index (χ4n) is 2.36. The van der Waals surface area contributed by atoms with Crippen LogP contribution in [0.4, 0.5) is 4.79 Å². The molecular formula is C14H16ClNO6S. The van der Waals surface area contributed by atoms with Crippen LogP contribution < -0.4 is 0 Å². The second-order valence-corrected chi connectivity index (χ2v) is 7.97. The molecule has 0 N–H and O–H groups in total. The highest BCUT2D eigenvalue weighted by atomic mass is 35.7. The highest BCUT2D eigenvalue weighted by molar-refractivity contribution is 8.14. The van der Waals surface area contributed by atoms with Crippen LogP contribution in [0.3, 0.4) is 0 Å². The summed E-state index contributed by atoms with van der Waals surface area (Å²) in [7, 11) is 2.61. The van der Waals surface area contributed by atoms with Crippen molar-refractivity contribution in [1.29, 1.82) is 0 Å². The minimum Gasteiger partial charge on any atom is -0.467 e. The van der Waals surface area contributed by atoms with Crippen LogP contribution in [0.5, 0.6) is 0 Å². The monoisotopic (exact) mass is 361 g/mol. The molecule has 0 saturated carbocycles. The molecule has 1 saturated heterocycles. The number of nitrogens with zero attached hydrogens (tertiary/aromatic N) is 1. The molecule has 0 unspecified atom stereocenters. The summed E-state index contributed by atoms with van der Waals surface area (Å²) < 4.78 is 32.7. The molecule has 1 aliphatic rings. The summed E-state index contributed by atoms with van der Waals surface area (Å²) in [5.74, 6) is -0.704. The van der Waals surface area contributed by atoms with Crippen molar-refractivity contribution in [2.45, 2.75) is 24.3 Å². The molecule has 0 aromatic heterocycles. The third kappa shape index (κ3) is 4.35. The van der Waals surface area contributed by atoms with Gasteiger partial charge in [0.25, 0.3) is 0 Å². The number of carbonyl (C=O) groups excluding carboxylic acids is 2. The first-order valence-electron chi connectivity index (χ1n) is 6.81. The Morgan fingerprint density at radius 1 is 1.30 bits per heavy atom. The molecule has 2 atom stereocenters. The number of hydrogen-bond donors (Lipinski definition) is 0. The largest absolute Gasteiger partial charge is 0.467 e. The van der Waals surface area contributed by atoms with Crippen molar-refractivity contribution < 1.29 is 27.5 Å². The predicted molar refractivity (Wildman–Crippen MR) is 82.3 cm³/mol. The number of benzene rings is 1. The van der Waals surface area contributed by atoms with Crippen molar-refractivity contribution in [2.75, 3.05) is 13.7 Å². The molecule has 1 amide bonds. The maximum atomic E-state index is 12.2. The quantitative estimate of drug-likeness (QED) is 0.596. The van der Waals surface area contributed by atoms with Gasteiger partial charge in [0, 0.05) is 17.2 Å². The number of esters is 1. The normalized spacial score (nSPS) is 21.0. The molecule has 2 rings (SSSR count). The zero-order valence-corrected chi connectivity index (χ0v) is 13.9. The van der Waals surface area contributed by atoms with Crippen molar-refractivity contribution in [2.24, 2.45) is 0 Å². The van der Waals surface area contributed by atoms with Crippen LogP contribution >= 0.6 is 10.7 Å². The summed E-state index contributed by atoms with van der Waals surface area (Å²) in [4.78, 5) is 25.0. The van der Waals surface area contributed by atoms with Crippen LogP contribution in [0.25, 0.3) is 0 Å². The predicted octanol–water partition coefficient (Wildman–Crippen LogP) is 1.51. The Morgan fingerprint density at radius 3 is 2.52 bits per heavy atom. The van der Waals surface area contributed by atoms with E-state index in [1.165, 1.54) is 7.11 Å². The number of carbonyl (C=O) groups is 2. The van der Waals surface area contributed by atoms with Gasteiger partial charge in [0.05, 0.1) is 12.4 Å². The van der Waals surface area contributed by atoms with Gasteiger partial charge in [-0.2, -0.15) is 0 Å². The van der Waals surface area contributed by atoms with Crippen molar-refractivity contribution in [3.8, 4) is 0 Å². The molecule has 0 spiro atoms. The number of methoxy groups -OCH3 is 1. The topological polar surface area (TPSA) is 90.0 Å². The second kappa shape index (κ2) is 7.18. The highest BCUT2D eigenvalue weighted by Gasteiger charge is 2.45. The van der Waals surface area contributed by atoms with Gasteiger partial charge >= 0.3 is 12.1 Å². The number of rotatable bonds is 4. The van der Waals surface area contributed by atoms with Crippen molar-refractivity contribution in [1.82, 2.24) is 4.90 Å². The number of likely N-dealkylation sites (tertiary alicyclic amines) is 1. The van der Waals surface area contributed by atoms with E-state index in [0.717, 1.165) is 10.5 Å². The Hall–Kier alpha value is -1.80. The zero-order valence-electron chi connectivity index (χ0n) is 12.3. The van der Waals surface area contributed by atoms with Gasteiger partial charge in [0.15, 0.2) is 0 Å². The van der Waals surface area contributed by atoms with E-state index in [9.17, 15) is 18.0 Å². The maximum Gasteiger partial charge on any atom is 0.410 e. The van der Waals surface area contributed by atoms with E-state index >= 15 is 0 Å². The Morgan fingerprint density at radius 2 is 1.96 bits per heavy atom. The summed E-state index contributed by atoms with van der Waals surface area (Å²) in [6.45, 7) is -0.193. The minimum atomic E-state index is -3.90. The first kappa shape index (κ1) is 17.6. The Kier molecular flexibility index (Phi) is 5.48. The van der Waals surface area contributed by atoms with E-state index in [1.54, 1.807) is 24.3 Å². The molecule has 0 bridgehead atoms. The fraction of sp³-hybridized carbons (Fsp3) is 0.429. The van der Waals surface area contributed by atoms with Crippen LogP contribution in [0, 0.1) is 0 Å². The molecule has 0 aliphatic carbocycles. The van der Waals surface area contributed by atoms with E-state index in [4.69, 9.17) is 15.4 Å². The van der Waals surface area contributed by atoms with E-state index in [2.05, 4.69) is 4.74 Å². The minimum absolute atomic E-state index is 0.0162. The van der Waals surface area contributed by atoms with Gasteiger partial charge < -0.3 is 9.47 Å². The van der Waals surface area contributed by atoms with Gasteiger partial charge in [-0.25, -0.2) is 18.0 Å². The number of ether oxygens (including phenoxy) is 2. The van der Waals surface area contributed by atoms with Gasteiger partial charge in [-0.05, 0) is 12.0 Å². The van der Waals surface area contributed by atoms with Crippen LogP contribution in [-0.2, 0) is 29.9 Å². The maximum absolute atomic E-state index is 12.2. The molecule has 1 aromatic carbocycles. The molecule has 7 nitrogen and oxygen atoms in total. The van der Waals surface area contributed by atoms with E-state index in [0.29, 0.717) is 0 Å². The van der Waals surface area contributed by atoms with E-state index < -0.39 is 32.4 Å². The van der Waals surface area contributed by atoms with E-state index in [1.807, 2.05) is 6.07 Å². The van der Waals surface area contributed by atoms with Gasteiger partial charge in [0.1, 0.15) is 12.6 Å². The summed E-state index contributed by atoms with van der Waals surface area (Å²) in [6, 6.07) is 7.96. The van der Waals surface area contributed by atoms with Gasteiger partial charge in [0.2, 0.25) is 9.05 Å². The van der Waals surface area contributed by atoms with Crippen LogP contribution in [0.15, 0.2) is 30.3 Å². The lowest BCUT2D eigenvalue weighted by Gasteiger charge is -2.21. The Balaban J connectivity index is 2.07. The Bertz CT molecular complexity index is 678. The highest BCUT2D eigenvalue weighted by Crippen LogP contribution is 2.27. The summed E-state index contributed by atoms with van der Waals surface area (Å²) in [5, 5.41) is -1.03. The SMILES string of the molecule is COC(=O)[C@@H]1C[C@H](S(=O)(=O)Cl)CN1C(=O)OCc1ccccc1. The summed E-state index contributed by atoms with van der Waals surface area (Å²) in [6.07, 6.45) is -0.897. The van der Waals surface area contributed by atoms with Crippen LogP contribution in [0.1, 0.15) is 12.0 Å². The molecule has 1 aliphatic heterocycles. The number of amides is 1. The molecule has 1 aromatic rings. The summed E-state index contributed by atoms with van der Waals surface area (Å²) >= 11 is 0. The fourth-order valence-corrected chi connectivity index (χ4v) is 3.50. The molecule has 126 valence electrons. The molecule has 9 heteroatoms. The van der Waals surface area contributed by atoms with E-state index in [-0.39, 0.29) is 19.6 Å². The van der Waals surface area contributed by atoms with Crippen molar-refractivity contribution in [3.63, 3.8) is 0 Å². The molecule has 1 fully saturated rings. The first-order valence-corrected chi connectivity index (χ1v) is 9.18. The molecule has 23 heavy (non-hydrogen) atoms. The molecule has 1 heterocycles. The smallest absolute Gasteiger partial charge is 0.410 e. The lowest BCUT2D eigenvalue weighted by Crippen LogP contribution is -2.41. The summed E-state index contributed by atoms with van der Waals surface area (Å²) in [5.41, 5.74) is 0.774. The third-order valence-electron chi connectivity index (χ3n) is 3.57. The molecular weight excluding hydrogens is 346 g/mol. The third-order valence-corrected chi connectivity index (χ3v) is 5.47. The van der Waals surface area contributed by atoms with Crippen molar-refractivity contribution in [3.05, 3.63) is 35.9 Å². The average Bonchev–Trinajstić information content (AvgIpc) is 2.98. The van der Waals surface area contributed by atoms with Gasteiger partial charge in [-0.1, -0.05) is 30.3 Å². The first-order chi connectivity index (χ1) is 10.8. The Labute approximate surface area is 138 Å². The van der Waals surface area contributed by atoms with Crippen LogP contribution in [-0.4, -0.2) is 50.3 Å². The number of hydrogen-bond acceptors (Lipinski definition) is 6. The van der Waals surface area contributed by atoms with Gasteiger partial charge in [-0.3, -0.25) is 4.90 Å². The van der Waals surface area contributed by atoms with Gasteiger partial charge in [-0.15, -0.1) is 0 Å². The molecule has 0 radical (unpaired) electrons. The van der Waals surface area contributed by atoms with Crippen LogP contribution in [0.2, 0.25) is 0 Å².